The molecule has 1 saturated carbocycles. The average Bonchev–Trinajstić information content (AvgIpc) is 3.33. The van der Waals surface area contributed by atoms with E-state index in [2.05, 4.69) is 44.7 Å². The molecular weight excluding hydrogens is 415 g/mol. The van der Waals surface area contributed by atoms with Gasteiger partial charge in [-0.2, -0.15) is 10.4 Å². The lowest BCUT2D eigenvalue weighted by Gasteiger charge is -2.31. The van der Waals surface area contributed by atoms with Crippen LogP contribution in [0.2, 0.25) is 0 Å². The van der Waals surface area contributed by atoms with Gasteiger partial charge in [0.15, 0.2) is 5.69 Å². The molecule has 2 fully saturated rings. The van der Waals surface area contributed by atoms with Gasteiger partial charge in [0.25, 0.3) is 0 Å². The van der Waals surface area contributed by atoms with Gasteiger partial charge in [0.1, 0.15) is 15.5 Å². The van der Waals surface area contributed by atoms with Crippen molar-refractivity contribution in [2.24, 2.45) is 11.8 Å². The van der Waals surface area contributed by atoms with Crippen molar-refractivity contribution in [1.29, 1.82) is 5.26 Å². The number of halogens is 1. The molecule has 0 N–H and O–H groups in total. The van der Waals surface area contributed by atoms with Gasteiger partial charge in [0.05, 0.1) is 5.52 Å². The molecule has 3 heterocycles. The van der Waals surface area contributed by atoms with E-state index in [0.717, 1.165) is 60.0 Å². The van der Waals surface area contributed by atoms with E-state index in [1.165, 1.54) is 12.8 Å². The Morgan fingerprint density at radius 2 is 1.92 bits per heavy atom. The van der Waals surface area contributed by atoms with Crippen molar-refractivity contribution in [3.05, 3.63) is 27.6 Å². The minimum absolute atomic E-state index is 0.548. The lowest BCUT2D eigenvalue weighted by Crippen LogP contribution is -2.34. The molecule has 126 valence electrons. The van der Waals surface area contributed by atoms with E-state index in [4.69, 9.17) is 4.74 Å². The lowest BCUT2D eigenvalue weighted by atomic mass is 9.99. The van der Waals surface area contributed by atoms with Gasteiger partial charge >= 0.3 is 0 Å². The van der Waals surface area contributed by atoms with E-state index in [1.54, 1.807) is 0 Å². The molecule has 2 aromatic heterocycles. The highest BCUT2D eigenvalue weighted by Gasteiger charge is 2.30. The number of fused-ring (bicyclic) bond motifs is 1. The number of aromatic nitrogens is 2. The molecule has 0 radical (unpaired) electrons. The fourth-order valence-electron chi connectivity index (χ4n) is 3.52. The molecule has 5 nitrogen and oxygen atoms in total. The van der Waals surface area contributed by atoms with Gasteiger partial charge in [-0.3, -0.25) is 0 Å². The second-order valence-electron chi connectivity index (χ2n) is 6.86. The Kier molecular flexibility index (Phi) is 4.63. The summed E-state index contributed by atoms with van der Waals surface area (Å²) in [7, 11) is 0. The third-order valence-electron chi connectivity index (χ3n) is 5.00. The summed E-state index contributed by atoms with van der Waals surface area (Å²) in [6.45, 7) is 3.76. The molecule has 24 heavy (non-hydrogen) atoms. The first-order valence-electron chi connectivity index (χ1n) is 8.66. The maximum Gasteiger partial charge on any atom is 0.186 e. The Bertz CT molecular complexity index is 771. The summed E-state index contributed by atoms with van der Waals surface area (Å²) in [6, 6.07) is 8.47. The predicted octanol–water partition coefficient (Wildman–Crippen LogP) is 3.45. The Balaban J connectivity index is 1.72. The summed E-state index contributed by atoms with van der Waals surface area (Å²) in [4.78, 5) is 2.44. The molecule has 0 spiro atoms. The zero-order valence-electron chi connectivity index (χ0n) is 13.6. The van der Waals surface area contributed by atoms with Gasteiger partial charge in [0.2, 0.25) is 0 Å². The van der Waals surface area contributed by atoms with E-state index >= 15 is 0 Å². The highest BCUT2D eigenvalue weighted by atomic mass is 127. The number of hydrogen-bond acceptors (Lipinski definition) is 4. The van der Waals surface area contributed by atoms with Crippen LogP contribution in [0.5, 0.6) is 0 Å². The fourth-order valence-corrected chi connectivity index (χ4v) is 4.10. The largest absolute Gasteiger partial charge is 0.381 e. The first-order valence-corrected chi connectivity index (χ1v) is 9.74. The maximum atomic E-state index is 9.64. The van der Waals surface area contributed by atoms with Crippen LogP contribution >= 0.6 is 22.6 Å². The van der Waals surface area contributed by atoms with E-state index in [0.29, 0.717) is 11.6 Å². The Morgan fingerprint density at radius 3 is 2.58 bits per heavy atom. The molecule has 2 aromatic rings. The van der Waals surface area contributed by atoms with Gasteiger partial charge < -0.3 is 9.64 Å². The second kappa shape index (κ2) is 6.89. The number of anilines is 1. The van der Waals surface area contributed by atoms with Gasteiger partial charge in [-0.05, 0) is 72.2 Å². The summed E-state index contributed by atoms with van der Waals surface area (Å²) in [6.07, 6.45) is 4.84. The molecule has 4 rings (SSSR count). The van der Waals surface area contributed by atoms with Crippen molar-refractivity contribution < 1.29 is 4.74 Å². The SMILES string of the molecule is N#Cc1nn2c(I)cccc2c1N(CC1CCOCC1)CC1CC1. The second-order valence-corrected chi connectivity index (χ2v) is 7.96. The van der Waals surface area contributed by atoms with Crippen LogP contribution in [0.1, 0.15) is 31.4 Å². The van der Waals surface area contributed by atoms with Crippen LogP contribution in [0.15, 0.2) is 18.2 Å². The Morgan fingerprint density at radius 1 is 1.21 bits per heavy atom. The van der Waals surface area contributed by atoms with E-state index < -0.39 is 0 Å². The maximum absolute atomic E-state index is 9.64. The Hall–Kier alpha value is -1.33. The first kappa shape index (κ1) is 16.2. The van der Waals surface area contributed by atoms with Gasteiger partial charge in [-0.1, -0.05) is 6.07 Å². The van der Waals surface area contributed by atoms with Crippen LogP contribution in [0.25, 0.3) is 5.52 Å². The predicted molar refractivity (Wildman–Crippen MR) is 101 cm³/mol. The van der Waals surface area contributed by atoms with Crippen LogP contribution in [-0.4, -0.2) is 35.9 Å². The van der Waals surface area contributed by atoms with E-state index in [-0.39, 0.29) is 0 Å². The number of nitrogens with zero attached hydrogens (tertiary/aromatic N) is 4. The number of ether oxygens (including phenoxy) is 1. The third kappa shape index (κ3) is 3.24. The van der Waals surface area contributed by atoms with Crippen molar-refractivity contribution in [3.8, 4) is 6.07 Å². The van der Waals surface area contributed by atoms with Crippen molar-refractivity contribution in [1.82, 2.24) is 9.61 Å². The van der Waals surface area contributed by atoms with Crippen molar-refractivity contribution >= 4 is 33.8 Å². The normalized spacial score (nSPS) is 18.7. The van der Waals surface area contributed by atoms with Crippen LogP contribution in [0.3, 0.4) is 0 Å². The molecule has 0 aromatic carbocycles. The Labute approximate surface area is 155 Å². The summed E-state index contributed by atoms with van der Waals surface area (Å²) in [5.74, 6) is 1.41. The highest BCUT2D eigenvalue weighted by Crippen LogP contribution is 2.35. The molecule has 0 atom stereocenters. The zero-order chi connectivity index (χ0) is 16.5. The summed E-state index contributed by atoms with van der Waals surface area (Å²) in [5, 5.41) is 14.2. The van der Waals surface area contributed by atoms with Gasteiger partial charge in [0, 0.05) is 26.3 Å². The minimum Gasteiger partial charge on any atom is -0.381 e. The van der Waals surface area contributed by atoms with Gasteiger partial charge in [-0.15, -0.1) is 0 Å². The van der Waals surface area contributed by atoms with Crippen LogP contribution in [0.4, 0.5) is 5.69 Å². The fraction of sp³-hybridized carbons (Fsp3) is 0.556. The third-order valence-corrected chi connectivity index (χ3v) is 5.82. The molecule has 0 bridgehead atoms. The van der Waals surface area contributed by atoms with Gasteiger partial charge in [-0.25, -0.2) is 4.52 Å². The lowest BCUT2D eigenvalue weighted by molar-refractivity contribution is 0.0682. The van der Waals surface area contributed by atoms with Crippen molar-refractivity contribution in [2.75, 3.05) is 31.2 Å². The first-order chi connectivity index (χ1) is 11.8. The van der Waals surface area contributed by atoms with Crippen molar-refractivity contribution in [2.45, 2.75) is 25.7 Å². The molecule has 1 aliphatic carbocycles. The monoisotopic (exact) mass is 436 g/mol. The molecule has 0 unspecified atom stereocenters. The molecule has 6 heteroatoms. The summed E-state index contributed by atoms with van der Waals surface area (Å²) in [5.41, 5.74) is 2.62. The standard InChI is InChI=1S/C18H21IN4O/c19-17-3-1-2-16-18(15(10-20)21-23(16)17)22(11-13-4-5-13)12-14-6-8-24-9-7-14/h1-3,13-14H,4-9,11-12H2. The molecule has 1 aliphatic heterocycles. The van der Waals surface area contributed by atoms with E-state index in [1.807, 2.05) is 16.6 Å². The molecule has 0 amide bonds. The van der Waals surface area contributed by atoms with E-state index in [9.17, 15) is 5.26 Å². The smallest absolute Gasteiger partial charge is 0.186 e. The quantitative estimate of drug-likeness (QED) is 0.532. The number of rotatable bonds is 5. The average molecular weight is 436 g/mol. The number of pyridine rings is 1. The molecule has 2 aliphatic rings. The molecular formula is C18H21IN4O. The van der Waals surface area contributed by atoms with Crippen molar-refractivity contribution in [3.63, 3.8) is 0 Å². The van der Waals surface area contributed by atoms with Crippen LogP contribution < -0.4 is 4.90 Å². The number of nitriles is 1. The van der Waals surface area contributed by atoms with Crippen LogP contribution in [0, 0.1) is 26.9 Å². The minimum atomic E-state index is 0.548. The topological polar surface area (TPSA) is 53.6 Å². The summed E-state index contributed by atoms with van der Waals surface area (Å²) >= 11 is 2.28. The summed E-state index contributed by atoms with van der Waals surface area (Å²) < 4.78 is 8.44. The molecule has 1 saturated heterocycles. The highest BCUT2D eigenvalue weighted by molar-refractivity contribution is 14.1. The number of hydrogen-bond donors (Lipinski definition) is 0. The van der Waals surface area contributed by atoms with Crippen LogP contribution in [-0.2, 0) is 4.74 Å². The zero-order valence-corrected chi connectivity index (χ0v) is 15.8.